The Kier molecular flexibility index (Phi) is 6.90. The maximum atomic E-state index is 13.7. The van der Waals surface area contributed by atoms with E-state index >= 15 is 0 Å². The second-order valence-electron chi connectivity index (χ2n) is 5.81. The third-order valence-electron chi connectivity index (χ3n) is 3.80. The lowest BCUT2D eigenvalue weighted by atomic mass is 10.0. The zero-order valence-corrected chi connectivity index (χ0v) is 15.3. The molecule has 2 aromatic rings. The topological polar surface area (TPSA) is 121 Å². The number of benzene rings is 1. The van der Waals surface area contributed by atoms with Crippen LogP contribution in [0.3, 0.4) is 0 Å². The zero-order valence-electron chi connectivity index (χ0n) is 15.3. The monoisotopic (exact) mass is 390 g/mol. The Labute approximate surface area is 166 Å². The SMILES string of the molecule is CN(CC#CCc1ccccn1)C(=O)/C(C#N)=C(\O)c1cc(F)c(O)c(C#N)c1. The van der Waals surface area contributed by atoms with Crippen LogP contribution in [0.15, 0.2) is 42.1 Å². The minimum absolute atomic E-state index is 0.0164. The molecule has 0 saturated carbocycles. The quantitative estimate of drug-likeness (QED) is 0.358. The number of nitriles is 2. The van der Waals surface area contributed by atoms with Crippen molar-refractivity contribution in [1.29, 1.82) is 10.5 Å². The van der Waals surface area contributed by atoms with Gasteiger partial charge < -0.3 is 15.1 Å². The number of hydrogen-bond acceptors (Lipinski definition) is 6. The van der Waals surface area contributed by atoms with Crippen LogP contribution in [0.1, 0.15) is 16.8 Å². The second-order valence-corrected chi connectivity index (χ2v) is 5.81. The van der Waals surface area contributed by atoms with Gasteiger partial charge in [-0.25, -0.2) is 4.39 Å². The Hall–Kier alpha value is -4.35. The number of rotatable bonds is 4. The van der Waals surface area contributed by atoms with Crippen molar-refractivity contribution >= 4 is 11.7 Å². The molecule has 0 fully saturated rings. The molecule has 0 aliphatic heterocycles. The molecule has 144 valence electrons. The number of pyridine rings is 1. The summed E-state index contributed by atoms with van der Waals surface area (Å²) in [6.07, 6.45) is 2.03. The number of aromatic nitrogens is 1. The van der Waals surface area contributed by atoms with Crippen LogP contribution < -0.4 is 0 Å². The Morgan fingerprint density at radius 2 is 2.03 bits per heavy atom. The number of hydrogen-bond donors (Lipinski definition) is 2. The van der Waals surface area contributed by atoms with Crippen LogP contribution in [0.25, 0.3) is 5.76 Å². The lowest BCUT2D eigenvalue weighted by Crippen LogP contribution is -2.28. The highest BCUT2D eigenvalue weighted by Gasteiger charge is 2.21. The number of carbonyl (C=O) groups excluding carboxylic acids is 1. The standard InChI is InChI=1S/C21H15FN4O3/c1-26(9-5-3-7-16-6-2-4-8-25-16)21(29)17(13-24)19(27)14-10-15(12-23)20(28)18(22)11-14/h2,4,6,8,10-11,27-28H,7,9H2,1H3/b19-17-. The highest BCUT2D eigenvalue weighted by Crippen LogP contribution is 2.27. The molecule has 7 nitrogen and oxygen atoms in total. The van der Waals surface area contributed by atoms with Crippen molar-refractivity contribution in [3.05, 3.63) is 64.7 Å². The molecule has 2 rings (SSSR count). The van der Waals surface area contributed by atoms with Gasteiger partial charge in [-0.1, -0.05) is 17.9 Å². The summed E-state index contributed by atoms with van der Waals surface area (Å²) in [5.74, 6) is 1.95. The molecule has 1 heterocycles. The molecular weight excluding hydrogens is 375 g/mol. The maximum absolute atomic E-state index is 13.7. The summed E-state index contributed by atoms with van der Waals surface area (Å²) in [7, 11) is 1.39. The molecule has 0 saturated heterocycles. The normalized spacial score (nSPS) is 10.6. The van der Waals surface area contributed by atoms with Gasteiger partial charge in [0.25, 0.3) is 5.91 Å². The molecular formula is C21H15FN4O3. The summed E-state index contributed by atoms with van der Waals surface area (Å²) in [6.45, 7) is -0.0164. The van der Waals surface area contributed by atoms with E-state index in [1.807, 2.05) is 12.1 Å². The number of aliphatic hydroxyl groups excluding tert-OH is 1. The van der Waals surface area contributed by atoms with E-state index < -0.39 is 34.4 Å². The van der Waals surface area contributed by atoms with E-state index in [9.17, 15) is 24.7 Å². The maximum Gasteiger partial charge on any atom is 0.268 e. The minimum Gasteiger partial charge on any atom is -0.506 e. The molecule has 0 aliphatic carbocycles. The van der Waals surface area contributed by atoms with E-state index in [4.69, 9.17) is 5.26 Å². The van der Waals surface area contributed by atoms with Gasteiger partial charge in [-0.15, -0.1) is 0 Å². The Morgan fingerprint density at radius 3 is 2.66 bits per heavy atom. The minimum atomic E-state index is -1.16. The van der Waals surface area contributed by atoms with E-state index in [1.165, 1.54) is 7.05 Å². The smallest absolute Gasteiger partial charge is 0.268 e. The van der Waals surface area contributed by atoms with Gasteiger partial charge in [0.2, 0.25) is 0 Å². The first-order valence-electron chi connectivity index (χ1n) is 8.26. The summed E-state index contributed by atoms with van der Waals surface area (Å²) in [5, 5.41) is 37.9. The lowest BCUT2D eigenvalue weighted by molar-refractivity contribution is -0.124. The van der Waals surface area contributed by atoms with Crippen LogP contribution in [0.4, 0.5) is 4.39 Å². The fraction of sp³-hybridized carbons (Fsp3) is 0.143. The van der Waals surface area contributed by atoms with Gasteiger partial charge in [-0.05, 0) is 24.3 Å². The van der Waals surface area contributed by atoms with E-state index in [0.717, 1.165) is 22.7 Å². The number of halogens is 1. The van der Waals surface area contributed by atoms with Crippen LogP contribution in [-0.4, -0.2) is 39.6 Å². The van der Waals surface area contributed by atoms with Crippen molar-refractivity contribution in [1.82, 2.24) is 9.88 Å². The third-order valence-corrected chi connectivity index (χ3v) is 3.80. The Balaban J connectivity index is 2.20. The molecule has 29 heavy (non-hydrogen) atoms. The zero-order chi connectivity index (χ0) is 21.4. The third kappa shape index (κ3) is 5.09. The summed E-state index contributed by atoms with van der Waals surface area (Å²) in [4.78, 5) is 17.7. The molecule has 1 amide bonds. The lowest BCUT2D eigenvalue weighted by Gasteiger charge is -2.14. The van der Waals surface area contributed by atoms with Gasteiger partial charge in [0, 0.05) is 18.8 Å². The molecule has 0 bridgehead atoms. The Bertz CT molecular complexity index is 1100. The number of phenols is 1. The van der Waals surface area contributed by atoms with Gasteiger partial charge in [0.05, 0.1) is 24.2 Å². The molecule has 0 aliphatic rings. The highest BCUT2D eigenvalue weighted by molar-refractivity contribution is 6.03. The van der Waals surface area contributed by atoms with Crippen molar-refractivity contribution in [3.63, 3.8) is 0 Å². The average molecular weight is 390 g/mol. The van der Waals surface area contributed by atoms with Crippen LogP contribution >= 0.6 is 0 Å². The van der Waals surface area contributed by atoms with Gasteiger partial charge >= 0.3 is 0 Å². The fourth-order valence-corrected chi connectivity index (χ4v) is 2.26. The summed E-state index contributed by atoms with van der Waals surface area (Å²) >= 11 is 0. The number of amides is 1. The first kappa shape index (κ1) is 21.0. The largest absolute Gasteiger partial charge is 0.506 e. The van der Waals surface area contributed by atoms with Crippen LogP contribution in [0.2, 0.25) is 0 Å². The molecule has 1 aromatic carbocycles. The van der Waals surface area contributed by atoms with Crippen molar-refractivity contribution < 1.29 is 19.4 Å². The Morgan fingerprint density at radius 1 is 1.28 bits per heavy atom. The predicted octanol–water partition coefficient (Wildman–Crippen LogP) is 2.30. The molecule has 0 radical (unpaired) electrons. The van der Waals surface area contributed by atoms with Crippen LogP contribution in [0.5, 0.6) is 5.75 Å². The number of aliphatic hydroxyl groups is 1. The summed E-state index contributed by atoms with van der Waals surface area (Å²) < 4.78 is 13.7. The summed E-state index contributed by atoms with van der Waals surface area (Å²) in [6, 6.07) is 10.3. The molecule has 0 spiro atoms. The van der Waals surface area contributed by atoms with E-state index in [0.29, 0.717) is 6.42 Å². The fourth-order valence-electron chi connectivity index (χ4n) is 2.26. The molecule has 0 unspecified atom stereocenters. The highest BCUT2D eigenvalue weighted by atomic mass is 19.1. The average Bonchev–Trinajstić information content (AvgIpc) is 2.73. The van der Waals surface area contributed by atoms with Crippen molar-refractivity contribution in [2.24, 2.45) is 0 Å². The summed E-state index contributed by atoms with van der Waals surface area (Å²) in [5.41, 5.74) is -0.596. The number of aromatic hydroxyl groups is 1. The number of carbonyl (C=O) groups is 1. The van der Waals surface area contributed by atoms with Gasteiger partial charge in [0.15, 0.2) is 17.1 Å². The van der Waals surface area contributed by atoms with Crippen molar-refractivity contribution in [2.45, 2.75) is 6.42 Å². The molecule has 1 aromatic heterocycles. The van der Waals surface area contributed by atoms with Crippen molar-refractivity contribution in [2.75, 3.05) is 13.6 Å². The first-order valence-corrected chi connectivity index (χ1v) is 8.26. The van der Waals surface area contributed by atoms with E-state index in [-0.39, 0.29) is 12.1 Å². The van der Waals surface area contributed by atoms with Gasteiger partial charge in [0.1, 0.15) is 17.9 Å². The number of likely N-dealkylation sites (N-methyl/N-ethyl adjacent to an activating group) is 1. The van der Waals surface area contributed by atoms with E-state index in [1.54, 1.807) is 24.4 Å². The van der Waals surface area contributed by atoms with Crippen LogP contribution in [0, 0.1) is 40.3 Å². The second kappa shape index (κ2) is 9.55. The first-order chi connectivity index (χ1) is 13.9. The molecule has 0 atom stereocenters. The van der Waals surface area contributed by atoms with E-state index in [2.05, 4.69) is 16.8 Å². The van der Waals surface area contributed by atoms with Crippen molar-refractivity contribution in [3.8, 4) is 29.7 Å². The molecule has 8 heteroatoms. The van der Waals surface area contributed by atoms with Crippen LogP contribution in [-0.2, 0) is 11.2 Å². The number of phenolic OH excluding ortho intramolecular Hbond substituents is 1. The van der Waals surface area contributed by atoms with Gasteiger partial charge in [-0.2, -0.15) is 10.5 Å². The predicted molar refractivity (Wildman–Crippen MR) is 101 cm³/mol. The number of nitrogens with zero attached hydrogens (tertiary/aromatic N) is 4. The molecule has 2 N–H and O–H groups in total. The van der Waals surface area contributed by atoms with Gasteiger partial charge in [-0.3, -0.25) is 9.78 Å².